The van der Waals surface area contributed by atoms with Crippen molar-refractivity contribution < 1.29 is 43.9 Å². The summed E-state index contributed by atoms with van der Waals surface area (Å²) < 4.78 is 10.7. The van der Waals surface area contributed by atoms with E-state index in [9.17, 15) is 9.46 Å². The Morgan fingerprint density at radius 1 is 1.40 bits per heavy atom. The molecule has 1 aliphatic heterocycles. The van der Waals surface area contributed by atoms with E-state index in [1.807, 2.05) is 6.07 Å². The first-order valence-electron chi connectivity index (χ1n) is 6.29. The Morgan fingerprint density at radius 2 is 2.00 bits per heavy atom. The van der Waals surface area contributed by atoms with Gasteiger partial charge in [-0.15, -0.1) is 0 Å². The summed E-state index contributed by atoms with van der Waals surface area (Å²) in [5.74, 6) is 0. The van der Waals surface area contributed by atoms with Crippen molar-refractivity contribution in [1.82, 2.24) is 4.90 Å². The van der Waals surface area contributed by atoms with E-state index in [1.54, 1.807) is 0 Å². The van der Waals surface area contributed by atoms with Crippen LogP contribution in [0.15, 0.2) is 24.3 Å². The Balaban J connectivity index is 0.00000180. The molecule has 2 unspecified atom stereocenters. The molecule has 2 atom stereocenters. The zero-order chi connectivity index (χ0) is 13.2. The smallest absolute Gasteiger partial charge is 0.779 e. The molecule has 20 heavy (non-hydrogen) atoms. The summed E-state index contributed by atoms with van der Waals surface area (Å²) >= 11 is 0. The van der Waals surface area contributed by atoms with Crippen molar-refractivity contribution in [3.63, 3.8) is 0 Å². The zero-order valence-electron chi connectivity index (χ0n) is 12.6. The van der Waals surface area contributed by atoms with Crippen LogP contribution in [0.2, 0.25) is 0 Å². The molecule has 0 saturated carbocycles. The van der Waals surface area contributed by atoms with Crippen molar-refractivity contribution in [2.45, 2.75) is 32.4 Å². The summed E-state index contributed by atoms with van der Waals surface area (Å²) in [6, 6.07) is 8.79. The van der Waals surface area contributed by atoms with Crippen LogP contribution in [-0.2, 0) is 17.5 Å². The Hall–Kier alpha value is 1.33. The normalized spacial score (nSPS) is 21.1. The van der Waals surface area contributed by atoms with Gasteiger partial charge in [0.05, 0.1) is 0 Å². The van der Waals surface area contributed by atoms with E-state index in [0.29, 0.717) is 19.0 Å². The molecular formula is C13H19NNa2O3P. The van der Waals surface area contributed by atoms with Crippen molar-refractivity contribution in [2.75, 3.05) is 12.7 Å². The van der Waals surface area contributed by atoms with Crippen LogP contribution in [0.5, 0.6) is 0 Å². The van der Waals surface area contributed by atoms with Crippen LogP contribution in [0, 0.1) is 0 Å². The van der Waals surface area contributed by atoms with Crippen LogP contribution in [0.3, 0.4) is 0 Å². The van der Waals surface area contributed by atoms with Crippen molar-refractivity contribution in [2.24, 2.45) is 0 Å². The zero-order valence-corrected chi connectivity index (χ0v) is 17.5. The Kier molecular flexibility index (Phi) is 10.1. The third kappa shape index (κ3) is 6.62. The molecule has 2 rings (SSSR count). The molecule has 4 nitrogen and oxygen atoms in total. The van der Waals surface area contributed by atoms with Gasteiger partial charge < -0.3 is 14.4 Å². The van der Waals surface area contributed by atoms with E-state index in [2.05, 4.69) is 30.0 Å². The van der Waals surface area contributed by atoms with Gasteiger partial charge in [-0.3, -0.25) is 4.90 Å². The summed E-state index contributed by atoms with van der Waals surface area (Å²) in [5.41, 5.74) is 2.71. The molecule has 0 amide bonds. The van der Waals surface area contributed by atoms with Crippen LogP contribution in [-0.4, -0.2) is 58.1 Å². The third-order valence-electron chi connectivity index (χ3n) is 3.52. The van der Waals surface area contributed by atoms with Gasteiger partial charge in [0, 0.05) is 48.3 Å². The first kappa shape index (κ1) is 21.3. The molecular weight excluding hydrogens is 295 g/mol. The molecule has 1 aromatic carbocycles. The predicted molar refractivity (Wildman–Crippen MR) is 75.1 cm³/mol. The summed E-state index contributed by atoms with van der Waals surface area (Å²) in [4.78, 5) is 21.7. The number of rotatable bonds is 4. The fourth-order valence-corrected chi connectivity index (χ4v) is 3.05. The van der Waals surface area contributed by atoms with Gasteiger partial charge in [0.15, 0.2) is 0 Å². The Labute approximate surface area is 165 Å². The largest absolute Gasteiger partial charge is 1.00 e. The minimum Gasteiger partial charge on any atom is -0.779 e. The second-order valence-electron chi connectivity index (χ2n) is 5.01. The Morgan fingerprint density at radius 3 is 2.60 bits per heavy atom. The Bertz CT molecular complexity index is 467. The van der Waals surface area contributed by atoms with E-state index >= 15 is 0 Å². The van der Waals surface area contributed by atoms with Gasteiger partial charge in [-0.1, -0.05) is 24.3 Å². The minimum atomic E-state index is -4.10. The van der Waals surface area contributed by atoms with Crippen LogP contribution >= 0.6 is 7.60 Å². The maximum atomic E-state index is 10.7. The second kappa shape index (κ2) is 9.46. The van der Waals surface area contributed by atoms with Crippen LogP contribution in [0.4, 0.5) is 0 Å². The van der Waals surface area contributed by atoms with Gasteiger partial charge in [0.1, 0.15) is 7.60 Å². The van der Waals surface area contributed by atoms with E-state index in [-0.39, 0.29) is 65.3 Å². The van der Waals surface area contributed by atoms with Crippen LogP contribution < -0.4 is 34.5 Å². The molecule has 1 N–H and O–H groups in total. The van der Waals surface area contributed by atoms with E-state index in [0.717, 1.165) is 13.0 Å². The summed E-state index contributed by atoms with van der Waals surface area (Å²) in [6.07, 6.45) is 1.37. The molecule has 0 saturated heterocycles. The maximum Gasteiger partial charge on any atom is 1.00 e. The summed E-state index contributed by atoms with van der Waals surface area (Å²) in [7, 11) is -4.10. The molecule has 0 spiro atoms. The van der Waals surface area contributed by atoms with Gasteiger partial charge in [-0.05, 0) is 37.4 Å². The number of hydrogen-bond acceptors (Lipinski definition) is 3. The number of nitrogens with zero attached hydrogens (tertiary/aromatic N) is 1. The third-order valence-corrected chi connectivity index (χ3v) is 4.40. The SMILES string of the molecule is CC1Cc2ccccc2CN1CCCP(=O)([O-])O.[Na+].[Na]. The van der Waals surface area contributed by atoms with Gasteiger partial charge in [-0.25, -0.2) is 0 Å². The molecule has 0 aliphatic carbocycles. The second-order valence-corrected chi connectivity index (χ2v) is 6.73. The first-order valence-corrected chi connectivity index (χ1v) is 8.05. The molecule has 1 radical (unpaired) electrons. The van der Waals surface area contributed by atoms with Crippen molar-refractivity contribution in [1.29, 1.82) is 0 Å². The average Bonchev–Trinajstić information content (AvgIpc) is 2.28. The van der Waals surface area contributed by atoms with Gasteiger partial charge in [-0.2, -0.15) is 0 Å². The number of hydrogen-bond donors (Lipinski definition) is 1. The average molecular weight is 314 g/mol. The van der Waals surface area contributed by atoms with Crippen molar-refractivity contribution >= 4 is 37.2 Å². The molecule has 0 aromatic heterocycles. The van der Waals surface area contributed by atoms with E-state index in [4.69, 9.17) is 4.89 Å². The van der Waals surface area contributed by atoms with E-state index in [1.165, 1.54) is 11.1 Å². The molecule has 1 aliphatic rings. The van der Waals surface area contributed by atoms with Gasteiger partial charge >= 0.3 is 29.6 Å². The van der Waals surface area contributed by atoms with Crippen LogP contribution in [0.1, 0.15) is 24.5 Å². The molecule has 1 heterocycles. The van der Waals surface area contributed by atoms with Crippen molar-refractivity contribution in [3.8, 4) is 0 Å². The first-order chi connectivity index (χ1) is 8.46. The number of fused-ring (bicyclic) bond motifs is 1. The van der Waals surface area contributed by atoms with Crippen molar-refractivity contribution in [3.05, 3.63) is 35.4 Å². The van der Waals surface area contributed by atoms with Gasteiger partial charge in [0.25, 0.3) is 0 Å². The topological polar surface area (TPSA) is 63.6 Å². The molecule has 0 bridgehead atoms. The maximum absolute atomic E-state index is 10.7. The molecule has 0 fully saturated rings. The predicted octanol–water partition coefficient (Wildman–Crippen LogP) is -2.01. The quantitative estimate of drug-likeness (QED) is 0.515. The molecule has 101 valence electrons. The number of benzene rings is 1. The van der Waals surface area contributed by atoms with Crippen LogP contribution in [0.25, 0.3) is 0 Å². The fraction of sp³-hybridized carbons (Fsp3) is 0.538. The monoisotopic (exact) mass is 314 g/mol. The summed E-state index contributed by atoms with van der Waals surface area (Å²) in [5, 5.41) is 0. The summed E-state index contributed by atoms with van der Waals surface area (Å²) in [6.45, 7) is 3.74. The molecule has 1 aromatic rings. The minimum absolute atomic E-state index is 0. The standard InChI is InChI=1S/C13H20NO3P.2Na/c1-11-9-12-5-2-3-6-13(12)10-14(11)7-4-8-18(15,16)17;;/h2-3,5-6,11H,4,7-10H2,1H3,(H2,15,16,17);;/q;;+1/p-1. The fourth-order valence-electron chi connectivity index (χ4n) is 2.51. The molecule has 7 heteroatoms. The van der Waals surface area contributed by atoms with Gasteiger partial charge in [0.2, 0.25) is 0 Å². The van der Waals surface area contributed by atoms with E-state index < -0.39 is 7.60 Å².